The molecule has 0 fully saturated rings. The van der Waals surface area contributed by atoms with Gasteiger partial charge in [0.25, 0.3) is 0 Å². The monoisotopic (exact) mass is 185 g/mol. The molecule has 0 atom stereocenters. The van der Waals surface area contributed by atoms with E-state index in [4.69, 9.17) is 5.73 Å². The van der Waals surface area contributed by atoms with E-state index in [-0.39, 0.29) is 11.6 Å². The Balaban J connectivity index is 2.93. The number of Topliss-reactive ketones (excluding diaryl/α,β-unsaturated/α-hetero) is 1. The quantitative estimate of drug-likeness (QED) is 0.670. The number of carbonyl (C=O) groups excluding carboxylic acids is 1. The summed E-state index contributed by atoms with van der Waals surface area (Å²) in [5, 5.41) is 0.336. The largest absolute Gasteiger partial charge is 0.374 e. The fourth-order valence-corrected chi connectivity index (χ4v) is 1.09. The average Bonchev–Trinajstić information content (AvgIpc) is 2.32. The standard InChI is InChI=1S/C7H11N3OS/c1-7(2,3)4(11)5-9-6(8)12-10-5/h1-3H3,(H2,8,9,10). The van der Waals surface area contributed by atoms with Crippen molar-refractivity contribution in [2.75, 3.05) is 5.73 Å². The van der Waals surface area contributed by atoms with Gasteiger partial charge in [-0.3, -0.25) is 4.79 Å². The van der Waals surface area contributed by atoms with Gasteiger partial charge in [0.15, 0.2) is 5.13 Å². The molecule has 5 heteroatoms. The highest BCUT2D eigenvalue weighted by Gasteiger charge is 2.26. The zero-order valence-corrected chi connectivity index (χ0v) is 8.10. The fraction of sp³-hybridized carbons (Fsp3) is 0.571. The van der Waals surface area contributed by atoms with Crippen molar-refractivity contribution in [2.45, 2.75) is 20.8 Å². The van der Waals surface area contributed by atoms with Crippen LogP contribution in [-0.2, 0) is 0 Å². The topological polar surface area (TPSA) is 68.9 Å². The van der Waals surface area contributed by atoms with Crippen molar-refractivity contribution in [1.29, 1.82) is 0 Å². The van der Waals surface area contributed by atoms with Gasteiger partial charge in [-0.25, -0.2) is 0 Å². The van der Waals surface area contributed by atoms with E-state index in [9.17, 15) is 4.79 Å². The van der Waals surface area contributed by atoms with Crippen LogP contribution < -0.4 is 5.73 Å². The molecular weight excluding hydrogens is 174 g/mol. The molecule has 12 heavy (non-hydrogen) atoms. The third-order valence-electron chi connectivity index (χ3n) is 1.33. The molecule has 0 aliphatic heterocycles. The van der Waals surface area contributed by atoms with Crippen LogP contribution in [-0.4, -0.2) is 15.1 Å². The predicted octanol–water partition coefficient (Wildman–Crippen LogP) is 1.35. The van der Waals surface area contributed by atoms with Crippen molar-refractivity contribution < 1.29 is 4.79 Å². The summed E-state index contributed by atoms with van der Waals surface area (Å²) >= 11 is 1.04. The number of nitrogens with two attached hydrogens (primary N) is 1. The number of hydrogen-bond donors (Lipinski definition) is 1. The maximum absolute atomic E-state index is 11.5. The SMILES string of the molecule is CC(C)(C)C(=O)c1nsc(N)n1. The summed E-state index contributed by atoms with van der Waals surface area (Å²) < 4.78 is 3.84. The maximum Gasteiger partial charge on any atom is 0.211 e. The molecule has 1 aromatic heterocycles. The van der Waals surface area contributed by atoms with Crippen LogP contribution in [0.3, 0.4) is 0 Å². The highest BCUT2D eigenvalue weighted by atomic mass is 32.1. The van der Waals surface area contributed by atoms with Crippen LogP contribution in [0.4, 0.5) is 5.13 Å². The average molecular weight is 185 g/mol. The lowest BCUT2D eigenvalue weighted by molar-refractivity contribution is 0.0848. The van der Waals surface area contributed by atoms with E-state index < -0.39 is 5.41 Å². The maximum atomic E-state index is 11.5. The summed E-state index contributed by atoms with van der Waals surface area (Å²) in [5.41, 5.74) is 4.92. The number of nitrogen functional groups attached to an aromatic ring is 1. The van der Waals surface area contributed by atoms with Crippen molar-refractivity contribution in [3.8, 4) is 0 Å². The van der Waals surface area contributed by atoms with Gasteiger partial charge in [-0.1, -0.05) is 20.8 Å². The molecule has 1 heterocycles. The van der Waals surface area contributed by atoms with Gasteiger partial charge in [0.05, 0.1) is 0 Å². The van der Waals surface area contributed by atoms with E-state index in [1.165, 1.54) is 0 Å². The van der Waals surface area contributed by atoms with Gasteiger partial charge >= 0.3 is 0 Å². The lowest BCUT2D eigenvalue weighted by Crippen LogP contribution is -2.21. The molecule has 0 aliphatic carbocycles. The fourth-order valence-electron chi connectivity index (χ4n) is 0.663. The second-order valence-electron chi connectivity index (χ2n) is 3.54. The number of nitrogens with zero attached hydrogens (tertiary/aromatic N) is 2. The van der Waals surface area contributed by atoms with Crippen LogP contribution in [0.5, 0.6) is 0 Å². The van der Waals surface area contributed by atoms with Crippen LogP contribution in [0, 0.1) is 5.41 Å². The molecule has 0 radical (unpaired) electrons. The van der Waals surface area contributed by atoms with Crippen molar-refractivity contribution in [3.05, 3.63) is 5.82 Å². The zero-order chi connectivity index (χ0) is 9.35. The van der Waals surface area contributed by atoms with Crippen LogP contribution in [0.1, 0.15) is 31.4 Å². The first-order chi connectivity index (χ1) is 5.41. The predicted molar refractivity (Wildman–Crippen MR) is 48.1 cm³/mol. The Morgan fingerprint density at radius 3 is 2.42 bits per heavy atom. The van der Waals surface area contributed by atoms with Crippen molar-refractivity contribution in [3.63, 3.8) is 0 Å². The summed E-state index contributed by atoms with van der Waals surface area (Å²) in [6.07, 6.45) is 0. The van der Waals surface area contributed by atoms with Crippen molar-refractivity contribution in [2.24, 2.45) is 5.41 Å². The van der Waals surface area contributed by atoms with Gasteiger partial charge in [0, 0.05) is 16.9 Å². The summed E-state index contributed by atoms with van der Waals surface area (Å²) in [4.78, 5) is 15.3. The Bertz CT molecular complexity index is 300. The Kier molecular flexibility index (Phi) is 2.14. The van der Waals surface area contributed by atoms with Gasteiger partial charge in [-0.15, -0.1) is 0 Å². The third-order valence-corrected chi connectivity index (χ3v) is 1.87. The summed E-state index contributed by atoms with van der Waals surface area (Å²) in [6, 6.07) is 0. The molecule has 0 bridgehead atoms. The number of ketones is 1. The molecule has 0 aromatic carbocycles. The lowest BCUT2D eigenvalue weighted by atomic mass is 9.90. The minimum atomic E-state index is -0.437. The molecule has 2 N–H and O–H groups in total. The van der Waals surface area contributed by atoms with Gasteiger partial charge < -0.3 is 5.73 Å². The minimum Gasteiger partial charge on any atom is -0.374 e. The normalized spacial score (nSPS) is 11.6. The number of aromatic nitrogens is 2. The highest BCUT2D eigenvalue weighted by molar-refractivity contribution is 7.09. The van der Waals surface area contributed by atoms with Gasteiger partial charge in [0.2, 0.25) is 11.6 Å². The molecule has 0 aliphatic rings. The molecule has 66 valence electrons. The van der Waals surface area contributed by atoms with Crippen LogP contribution in [0.25, 0.3) is 0 Å². The molecule has 1 aromatic rings. The molecule has 0 unspecified atom stereocenters. The second kappa shape index (κ2) is 2.82. The Hall–Kier alpha value is -0.970. The number of anilines is 1. The molecule has 0 amide bonds. The van der Waals surface area contributed by atoms with Gasteiger partial charge in [0.1, 0.15) is 0 Å². The zero-order valence-electron chi connectivity index (χ0n) is 7.29. The smallest absolute Gasteiger partial charge is 0.211 e. The Labute approximate surface area is 75.0 Å². The van der Waals surface area contributed by atoms with Crippen molar-refractivity contribution in [1.82, 2.24) is 9.36 Å². The van der Waals surface area contributed by atoms with Crippen LogP contribution in [0.15, 0.2) is 0 Å². The molecular formula is C7H11N3OS. The Morgan fingerprint density at radius 1 is 1.50 bits per heavy atom. The van der Waals surface area contributed by atoms with E-state index in [0.29, 0.717) is 5.13 Å². The molecule has 1 rings (SSSR count). The van der Waals surface area contributed by atoms with E-state index in [2.05, 4.69) is 9.36 Å². The first-order valence-electron chi connectivity index (χ1n) is 3.55. The number of hydrogen-bond acceptors (Lipinski definition) is 5. The van der Waals surface area contributed by atoms with E-state index in [1.54, 1.807) is 0 Å². The second-order valence-corrected chi connectivity index (χ2v) is 4.32. The van der Waals surface area contributed by atoms with Gasteiger partial charge in [-0.05, 0) is 0 Å². The molecule has 4 nitrogen and oxygen atoms in total. The van der Waals surface area contributed by atoms with E-state index in [0.717, 1.165) is 11.5 Å². The lowest BCUT2D eigenvalue weighted by Gasteiger charge is -2.12. The molecule has 0 saturated carbocycles. The first kappa shape index (κ1) is 9.12. The number of carbonyl (C=O) groups is 1. The molecule has 0 spiro atoms. The third kappa shape index (κ3) is 1.79. The number of rotatable bonds is 1. The summed E-state index contributed by atoms with van der Waals surface area (Å²) in [7, 11) is 0. The minimum absolute atomic E-state index is 0.0737. The Morgan fingerprint density at radius 2 is 2.08 bits per heavy atom. The summed E-state index contributed by atoms with van der Waals surface area (Å²) in [5.74, 6) is 0.153. The molecule has 0 saturated heterocycles. The van der Waals surface area contributed by atoms with Gasteiger partial charge in [-0.2, -0.15) is 9.36 Å². The van der Waals surface area contributed by atoms with Crippen LogP contribution >= 0.6 is 11.5 Å². The highest BCUT2D eigenvalue weighted by Crippen LogP contribution is 2.20. The van der Waals surface area contributed by atoms with E-state index in [1.807, 2.05) is 20.8 Å². The van der Waals surface area contributed by atoms with Crippen LogP contribution in [0.2, 0.25) is 0 Å². The van der Waals surface area contributed by atoms with Crippen molar-refractivity contribution >= 4 is 22.4 Å². The first-order valence-corrected chi connectivity index (χ1v) is 4.32. The summed E-state index contributed by atoms with van der Waals surface area (Å²) in [6.45, 7) is 5.48. The van der Waals surface area contributed by atoms with E-state index >= 15 is 0 Å².